The molecule has 0 unspecified atom stereocenters. The van der Waals surface area contributed by atoms with Crippen molar-refractivity contribution in [3.8, 4) is 0 Å². The number of nitrogens with zero attached hydrogens (tertiary/aromatic N) is 1. The minimum absolute atomic E-state index is 0.158. The van der Waals surface area contributed by atoms with E-state index in [-0.39, 0.29) is 11.9 Å². The number of urea groups is 1. The Labute approximate surface area is 127 Å². The first kappa shape index (κ1) is 15.9. The highest BCUT2D eigenvalue weighted by molar-refractivity contribution is 5.78. The molecule has 0 aromatic heterocycles. The molecule has 21 heavy (non-hydrogen) atoms. The summed E-state index contributed by atoms with van der Waals surface area (Å²) in [6.45, 7) is 2.22. The largest absolute Gasteiger partial charge is 0.343 e. The summed E-state index contributed by atoms with van der Waals surface area (Å²) in [5.41, 5.74) is 0. The van der Waals surface area contributed by atoms with E-state index in [4.69, 9.17) is 0 Å². The minimum atomic E-state index is -0.158. The number of likely N-dealkylation sites (tertiary alicyclic amines) is 1. The highest BCUT2D eigenvalue weighted by Crippen LogP contribution is 2.24. The molecular formula is C16H27N3O2. The number of rotatable bonds is 6. The van der Waals surface area contributed by atoms with Crippen LogP contribution in [0.15, 0.2) is 12.3 Å². The first-order valence-electron chi connectivity index (χ1n) is 8.24. The fraction of sp³-hybridized carbons (Fsp3) is 0.750. The number of hydrogen-bond acceptors (Lipinski definition) is 2. The van der Waals surface area contributed by atoms with E-state index in [0.717, 1.165) is 25.9 Å². The van der Waals surface area contributed by atoms with Crippen molar-refractivity contribution in [3.63, 3.8) is 0 Å². The summed E-state index contributed by atoms with van der Waals surface area (Å²) >= 11 is 0. The van der Waals surface area contributed by atoms with Crippen LogP contribution in [0.2, 0.25) is 0 Å². The molecule has 0 bridgehead atoms. The van der Waals surface area contributed by atoms with Crippen molar-refractivity contribution in [1.29, 1.82) is 0 Å². The molecule has 1 aliphatic heterocycles. The molecule has 1 aliphatic carbocycles. The average molecular weight is 293 g/mol. The number of nitrogens with one attached hydrogen (secondary N) is 2. The number of allylic oxidation sites excluding steroid dienone is 1. The van der Waals surface area contributed by atoms with Crippen molar-refractivity contribution < 1.29 is 9.59 Å². The lowest BCUT2D eigenvalue weighted by atomic mass is 9.89. The van der Waals surface area contributed by atoms with Crippen molar-refractivity contribution >= 4 is 11.9 Å². The van der Waals surface area contributed by atoms with Crippen LogP contribution in [0.1, 0.15) is 51.4 Å². The molecule has 0 atom stereocenters. The predicted octanol–water partition coefficient (Wildman–Crippen LogP) is 2.39. The van der Waals surface area contributed by atoms with E-state index in [9.17, 15) is 9.59 Å². The number of amides is 3. The van der Waals surface area contributed by atoms with Crippen molar-refractivity contribution in [3.05, 3.63) is 12.3 Å². The molecule has 2 rings (SSSR count). The normalized spacial score (nSPS) is 20.2. The standard InChI is InChI=1S/C16H27N3O2/c20-15-8-4-12-19(15)13-5-10-17-16(21)18-11-9-14-6-2-1-3-7-14/h9,11,14H,1-8,10,12-13H2,(H2,17,18,21)/b11-9+. The maximum Gasteiger partial charge on any atom is 0.318 e. The first-order chi connectivity index (χ1) is 10.3. The SMILES string of the molecule is O=C(N/C=C/C1CCCCC1)NCCCN1CCCC1=O. The summed E-state index contributed by atoms with van der Waals surface area (Å²) < 4.78 is 0. The minimum Gasteiger partial charge on any atom is -0.343 e. The maximum absolute atomic E-state index is 11.6. The summed E-state index contributed by atoms with van der Waals surface area (Å²) in [5, 5.41) is 5.58. The highest BCUT2D eigenvalue weighted by Gasteiger charge is 2.18. The Balaban J connectivity index is 1.51. The Morgan fingerprint density at radius 2 is 2.05 bits per heavy atom. The van der Waals surface area contributed by atoms with Gasteiger partial charge in [-0.2, -0.15) is 0 Å². The Morgan fingerprint density at radius 1 is 1.24 bits per heavy atom. The molecule has 2 aliphatic rings. The van der Waals surface area contributed by atoms with Gasteiger partial charge in [-0.15, -0.1) is 0 Å². The van der Waals surface area contributed by atoms with E-state index in [1.807, 2.05) is 4.90 Å². The highest BCUT2D eigenvalue weighted by atomic mass is 16.2. The molecule has 0 spiro atoms. The molecule has 0 radical (unpaired) electrons. The van der Waals surface area contributed by atoms with Gasteiger partial charge in [0.2, 0.25) is 5.91 Å². The van der Waals surface area contributed by atoms with Crippen molar-refractivity contribution in [2.24, 2.45) is 5.92 Å². The Bertz CT molecular complexity index is 376. The van der Waals surface area contributed by atoms with Gasteiger partial charge in [0.1, 0.15) is 0 Å². The molecule has 1 saturated heterocycles. The van der Waals surface area contributed by atoms with Crippen LogP contribution in [-0.2, 0) is 4.79 Å². The molecule has 118 valence electrons. The summed E-state index contributed by atoms with van der Waals surface area (Å²) in [4.78, 5) is 24.9. The topological polar surface area (TPSA) is 61.4 Å². The second-order valence-electron chi connectivity index (χ2n) is 6.00. The van der Waals surface area contributed by atoms with Crippen LogP contribution in [0.3, 0.4) is 0 Å². The van der Waals surface area contributed by atoms with Gasteiger partial charge >= 0.3 is 6.03 Å². The van der Waals surface area contributed by atoms with Crippen LogP contribution in [0.25, 0.3) is 0 Å². The summed E-state index contributed by atoms with van der Waals surface area (Å²) in [6.07, 6.45) is 12.8. The number of carbonyl (C=O) groups excluding carboxylic acids is 2. The van der Waals surface area contributed by atoms with Gasteiger partial charge in [0.15, 0.2) is 0 Å². The van der Waals surface area contributed by atoms with Gasteiger partial charge in [-0.25, -0.2) is 4.79 Å². The average Bonchev–Trinajstić information content (AvgIpc) is 2.90. The van der Waals surface area contributed by atoms with Crippen LogP contribution >= 0.6 is 0 Å². The first-order valence-corrected chi connectivity index (χ1v) is 8.24. The van der Waals surface area contributed by atoms with E-state index < -0.39 is 0 Å². The summed E-state index contributed by atoms with van der Waals surface area (Å²) in [5.74, 6) is 0.870. The van der Waals surface area contributed by atoms with Gasteiger partial charge < -0.3 is 15.5 Å². The molecule has 2 fully saturated rings. The van der Waals surface area contributed by atoms with Gasteiger partial charge in [0, 0.05) is 32.3 Å². The third kappa shape index (κ3) is 5.78. The van der Waals surface area contributed by atoms with Crippen molar-refractivity contribution in [2.45, 2.75) is 51.4 Å². The second-order valence-corrected chi connectivity index (χ2v) is 6.00. The zero-order chi connectivity index (χ0) is 14.9. The predicted molar refractivity (Wildman–Crippen MR) is 82.7 cm³/mol. The Hall–Kier alpha value is -1.52. The van der Waals surface area contributed by atoms with Gasteiger partial charge in [-0.05, 0) is 31.6 Å². The molecule has 1 saturated carbocycles. The van der Waals surface area contributed by atoms with Gasteiger partial charge in [-0.3, -0.25) is 4.79 Å². The van der Waals surface area contributed by atoms with Gasteiger partial charge in [-0.1, -0.05) is 25.3 Å². The quantitative estimate of drug-likeness (QED) is 0.739. The fourth-order valence-electron chi connectivity index (χ4n) is 3.05. The van der Waals surface area contributed by atoms with E-state index in [1.165, 1.54) is 32.1 Å². The third-order valence-corrected chi connectivity index (χ3v) is 4.29. The molecule has 5 nitrogen and oxygen atoms in total. The molecule has 3 amide bonds. The number of carbonyl (C=O) groups is 2. The van der Waals surface area contributed by atoms with E-state index >= 15 is 0 Å². The van der Waals surface area contributed by atoms with Crippen LogP contribution < -0.4 is 10.6 Å². The second kappa shape index (κ2) is 8.70. The zero-order valence-corrected chi connectivity index (χ0v) is 12.8. The van der Waals surface area contributed by atoms with Gasteiger partial charge in [0.05, 0.1) is 0 Å². The lowest BCUT2D eigenvalue weighted by molar-refractivity contribution is -0.127. The summed E-state index contributed by atoms with van der Waals surface area (Å²) in [6, 6.07) is -0.158. The lowest BCUT2D eigenvalue weighted by Crippen LogP contribution is -2.35. The fourth-order valence-corrected chi connectivity index (χ4v) is 3.05. The van der Waals surface area contributed by atoms with Gasteiger partial charge in [0.25, 0.3) is 0 Å². The Morgan fingerprint density at radius 3 is 2.76 bits per heavy atom. The molecule has 2 N–H and O–H groups in total. The monoisotopic (exact) mass is 293 g/mol. The van der Waals surface area contributed by atoms with E-state index in [0.29, 0.717) is 18.9 Å². The lowest BCUT2D eigenvalue weighted by Gasteiger charge is -2.17. The third-order valence-electron chi connectivity index (χ3n) is 4.29. The van der Waals surface area contributed by atoms with Crippen LogP contribution in [0.4, 0.5) is 4.79 Å². The molecule has 1 heterocycles. The van der Waals surface area contributed by atoms with Crippen molar-refractivity contribution in [1.82, 2.24) is 15.5 Å². The molecule has 0 aromatic rings. The number of hydrogen-bond donors (Lipinski definition) is 2. The van der Waals surface area contributed by atoms with Crippen LogP contribution in [-0.4, -0.2) is 36.5 Å². The molecule has 0 aromatic carbocycles. The van der Waals surface area contributed by atoms with E-state index in [1.54, 1.807) is 6.20 Å². The van der Waals surface area contributed by atoms with Crippen LogP contribution in [0, 0.1) is 5.92 Å². The van der Waals surface area contributed by atoms with Crippen LogP contribution in [0.5, 0.6) is 0 Å². The molecular weight excluding hydrogens is 266 g/mol. The Kier molecular flexibility index (Phi) is 6.57. The molecule has 5 heteroatoms. The summed E-state index contributed by atoms with van der Waals surface area (Å²) in [7, 11) is 0. The zero-order valence-electron chi connectivity index (χ0n) is 12.8. The van der Waals surface area contributed by atoms with Crippen molar-refractivity contribution in [2.75, 3.05) is 19.6 Å². The van der Waals surface area contributed by atoms with E-state index in [2.05, 4.69) is 16.7 Å². The smallest absolute Gasteiger partial charge is 0.318 e. The maximum atomic E-state index is 11.6.